The number of anilines is 2. The zero-order chi connectivity index (χ0) is 42.9. The zero-order valence-corrected chi connectivity index (χ0v) is 35.9. The Labute approximate surface area is 359 Å². The number of carbonyl (C=O) groups is 4. The van der Waals surface area contributed by atoms with Crippen LogP contribution in [0.3, 0.4) is 0 Å². The molecule has 2 aliphatic heterocycles. The number of likely N-dealkylation sites (tertiary alicyclic amines) is 2. The Balaban J connectivity index is 0.991. The van der Waals surface area contributed by atoms with Gasteiger partial charge in [0, 0.05) is 47.5 Å². The Hall–Kier alpha value is -5.78. The Bertz CT molecular complexity index is 2250. The lowest BCUT2D eigenvalue weighted by Gasteiger charge is -2.31. The van der Waals surface area contributed by atoms with Crippen molar-refractivity contribution in [3.8, 4) is 11.3 Å². The Morgan fingerprint density at radius 2 is 1.05 bits per heavy atom. The molecule has 0 aliphatic carbocycles. The highest BCUT2D eigenvalue weighted by molar-refractivity contribution is 6.00. The lowest BCUT2D eigenvalue weighted by atomic mass is 10.0. The molecule has 2 fully saturated rings. The number of nitrogens with zero attached hydrogens (tertiary/aromatic N) is 2. The molecule has 3 heterocycles. The number of carbonyl (C=O) groups excluding carboxylic acids is 4. The quantitative estimate of drug-likeness (QED) is 0.0735. The average Bonchev–Trinajstić information content (AvgIpc) is 4.09. The van der Waals surface area contributed by atoms with Crippen LogP contribution in [0.4, 0.5) is 11.4 Å². The van der Waals surface area contributed by atoms with Gasteiger partial charge in [-0.3, -0.25) is 29.8 Å². The molecule has 4 N–H and O–H groups in total. The molecule has 320 valence electrons. The van der Waals surface area contributed by atoms with Crippen LogP contribution in [0.2, 0.25) is 0 Å². The maximum atomic E-state index is 14.1. The van der Waals surface area contributed by atoms with E-state index in [1.165, 1.54) is 0 Å². The maximum Gasteiger partial charge on any atom is 0.247 e. The van der Waals surface area contributed by atoms with Crippen LogP contribution in [0.25, 0.3) is 22.3 Å². The third-order valence-corrected chi connectivity index (χ3v) is 12.4. The SMILES string of the molecule is CCC(CC)N[C@@H](C(=O)N1CCC[C@H]1C(=O)Nc1ccc(-c2cc3cc(NC(=O)[C@@H]4CCCN4C(=O)[C@H](NC(CC)CC)c4ccccc4)ccc3o2)cc1)c1ccccc1. The van der Waals surface area contributed by atoms with Gasteiger partial charge in [-0.05, 0) is 111 Å². The van der Waals surface area contributed by atoms with E-state index in [0.29, 0.717) is 48.6 Å². The predicted molar refractivity (Wildman–Crippen MR) is 242 cm³/mol. The van der Waals surface area contributed by atoms with Gasteiger partial charge in [0.1, 0.15) is 35.5 Å². The van der Waals surface area contributed by atoms with E-state index in [4.69, 9.17) is 4.42 Å². The van der Waals surface area contributed by atoms with Gasteiger partial charge in [-0.1, -0.05) is 88.4 Å². The smallest absolute Gasteiger partial charge is 0.247 e. The van der Waals surface area contributed by atoms with Gasteiger partial charge in [-0.2, -0.15) is 0 Å². The second kappa shape index (κ2) is 20.2. The van der Waals surface area contributed by atoms with Gasteiger partial charge in [-0.25, -0.2) is 0 Å². The van der Waals surface area contributed by atoms with Gasteiger partial charge in [0.25, 0.3) is 0 Å². The van der Waals surface area contributed by atoms with Crippen LogP contribution in [0, 0.1) is 0 Å². The third-order valence-electron chi connectivity index (χ3n) is 12.4. The van der Waals surface area contributed by atoms with E-state index < -0.39 is 24.2 Å². The molecule has 2 saturated heterocycles. The predicted octanol–water partition coefficient (Wildman–Crippen LogP) is 9.00. The molecule has 0 spiro atoms. The lowest BCUT2D eigenvalue weighted by Crippen LogP contribution is -2.49. The molecular formula is C50H60N6O5. The molecule has 4 atom stereocenters. The van der Waals surface area contributed by atoms with Crippen molar-refractivity contribution in [2.45, 2.75) is 115 Å². The topological polar surface area (TPSA) is 136 Å². The molecule has 0 saturated carbocycles. The monoisotopic (exact) mass is 824 g/mol. The minimum atomic E-state index is -0.573. The van der Waals surface area contributed by atoms with Gasteiger partial charge in [-0.15, -0.1) is 0 Å². The second-order valence-electron chi connectivity index (χ2n) is 16.3. The number of benzene rings is 4. The molecule has 0 radical (unpaired) electrons. The number of nitrogens with one attached hydrogen (secondary N) is 4. The molecule has 0 unspecified atom stereocenters. The molecule has 1 aromatic heterocycles. The number of hydrogen-bond donors (Lipinski definition) is 4. The van der Waals surface area contributed by atoms with Crippen molar-refractivity contribution in [2.24, 2.45) is 0 Å². The molecule has 0 bridgehead atoms. The summed E-state index contributed by atoms with van der Waals surface area (Å²) in [6.45, 7) is 9.52. The van der Waals surface area contributed by atoms with E-state index in [2.05, 4.69) is 49.0 Å². The van der Waals surface area contributed by atoms with E-state index in [1.54, 1.807) is 9.80 Å². The van der Waals surface area contributed by atoms with E-state index >= 15 is 0 Å². The molecule has 4 amide bonds. The van der Waals surface area contributed by atoms with Gasteiger partial charge in [0.05, 0.1) is 0 Å². The standard InChI is InChI=1S/C50H60N6O5/c1-5-37(6-2)51-45(34-17-11-9-12-18-34)49(59)55-29-15-21-41(55)47(57)53-39-25-23-33(24-26-39)44-32-36-31-40(27-28-43(36)61-44)54-48(58)42-22-16-30-56(42)50(60)46(52-38(7-3)8-4)35-19-13-10-14-20-35/h9-14,17-20,23-28,31-32,37-38,41-42,45-46,51-52H,5-8,15-16,21-22,29-30H2,1-4H3,(H,53,57)(H,54,58)/t41-,42-,45+,46+/m0/s1. The largest absolute Gasteiger partial charge is 0.456 e. The summed E-state index contributed by atoms with van der Waals surface area (Å²) in [6, 6.07) is 32.6. The van der Waals surface area contributed by atoms with Crippen molar-refractivity contribution in [3.05, 3.63) is 120 Å². The van der Waals surface area contributed by atoms with Crippen LogP contribution in [0.5, 0.6) is 0 Å². The van der Waals surface area contributed by atoms with Crippen molar-refractivity contribution >= 4 is 46.0 Å². The van der Waals surface area contributed by atoms with Crippen molar-refractivity contribution < 1.29 is 23.6 Å². The lowest BCUT2D eigenvalue weighted by molar-refractivity contribution is -0.139. The van der Waals surface area contributed by atoms with E-state index in [9.17, 15) is 19.2 Å². The van der Waals surface area contributed by atoms with Crippen molar-refractivity contribution in [1.82, 2.24) is 20.4 Å². The van der Waals surface area contributed by atoms with Crippen LogP contribution in [-0.2, 0) is 19.2 Å². The van der Waals surface area contributed by atoms with Gasteiger partial charge in [0.15, 0.2) is 0 Å². The first-order valence-corrected chi connectivity index (χ1v) is 22.2. The first-order valence-electron chi connectivity index (χ1n) is 22.2. The molecule has 2 aliphatic rings. The van der Waals surface area contributed by atoms with E-state index in [1.807, 2.05) is 109 Å². The van der Waals surface area contributed by atoms with Crippen LogP contribution in [0.15, 0.2) is 114 Å². The van der Waals surface area contributed by atoms with E-state index in [0.717, 1.165) is 60.6 Å². The summed E-state index contributed by atoms with van der Waals surface area (Å²) < 4.78 is 6.22. The molecule has 5 aromatic rings. The molecule has 61 heavy (non-hydrogen) atoms. The first-order chi connectivity index (χ1) is 29.7. The number of furan rings is 1. The van der Waals surface area contributed by atoms with Crippen LogP contribution in [-0.4, -0.2) is 70.7 Å². The van der Waals surface area contributed by atoms with Crippen LogP contribution >= 0.6 is 0 Å². The Kier molecular flexibility index (Phi) is 14.3. The Morgan fingerprint density at radius 1 is 0.590 bits per heavy atom. The molecule has 11 nitrogen and oxygen atoms in total. The number of hydrogen-bond acceptors (Lipinski definition) is 7. The summed E-state index contributed by atoms with van der Waals surface area (Å²) in [5.74, 6) is 0.0762. The number of amides is 4. The van der Waals surface area contributed by atoms with Gasteiger partial charge >= 0.3 is 0 Å². The fourth-order valence-electron chi connectivity index (χ4n) is 8.80. The minimum absolute atomic E-state index is 0.0771. The molecule has 7 rings (SSSR count). The third kappa shape index (κ3) is 10.1. The molecular weight excluding hydrogens is 765 g/mol. The van der Waals surface area contributed by atoms with Crippen LogP contribution < -0.4 is 21.3 Å². The second-order valence-corrected chi connectivity index (χ2v) is 16.3. The average molecular weight is 825 g/mol. The summed E-state index contributed by atoms with van der Waals surface area (Å²) in [7, 11) is 0. The highest BCUT2D eigenvalue weighted by atomic mass is 16.3. The minimum Gasteiger partial charge on any atom is -0.456 e. The summed E-state index contributed by atoms with van der Waals surface area (Å²) in [6.07, 6.45) is 6.32. The van der Waals surface area contributed by atoms with Crippen molar-refractivity contribution in [1.29, 1.82) is 0 Å². The maximum absolute atomic E-state index is 14.1. The van der Waals surface area contributed by atoms with Crippen molar-refractivity contribution in [3.63, 3.8) is 0 Å². The number of rotatable bonds is 17. The molecule has 4 aromatic carbocycles. The van der Waals surface area contributed by atoms with Crippen LogP contribution in [0.1, 0.15) is 102 Å². The Morgan fingerprint density at radius 3 is 1.52 bits per heavy atom. The van der Waals surface area contributed by atoms with Gasteiger partial charge in [0.2, 0.25) is 23.6 Å². The summed E-state index contributed by atoms with van der Waals surface area (Å²) in [5.41, 5.74) is 4.54. The summed E-state index contributed by atoms with van der Waals surface area (Å²) in [4.78, 5) is 59.1. The fraction of sp³-hybridized carbons (Fsp3) is 0.400. The van der Waals surface area contributed by atoms with Crippen molar-refractivity contribution in [2.75, 3.05) is 23.7 Å². The van der Waals surface area contributed by atoms with E-state index in [-0.39, 0.29) is 35.7 Å². The summed E-state index contributed by atoms with van der Waals surface area (Å²) >= 11 is 0. The first kappa shape index (κ1) is 43.3. The van der Waals surface area contributed by atoms with Gasteiger partial charge < -0.3 is 24.9 Å². The normalized spacial score (nSPS) is 17.5. The zero-order valence-electron chi connectivity index (χ0n) is 35.9. The number of fused-ring (bicyclic) bond motifs is 1. The highest BCUT2D eigenvalue weighted by Gasteiger charge is 2.39. The summed E-state index contributed by atoms with van der Waals surface area (Å²) in [5, 5.41) is 14.1. The fourth-order valence-corrected chi connectivity index (χ4v) is 8.80. The highest BCUT2D eigenvalue weighted by Crippen LogP contribution is 2.32. The molecule has 11 heteroatoms.